The van der Waals surface area contributed by atoms with Crippen molar-refractivity contribution < 1.29 is 9.90 Å². The second-order valence-electron chi connectivity index (χ2n) is 4.61. The van der Waals surface area contributed by atoms with E-state index in [4.69, 9.17) is 5.11 Å². The van der Waals surface area contributed by atoms with Gasteiger partial charge in [-0.05, 0) is 36.1 Å². The number of aliphatic carboxylic acids is 1. The minimum Gasteiger partial charge on any atom is -0.478 e. The van der Waals surface area contributed by atoms with Gasteiger partial charge in [0.15, 0.2) is 0 Å². The topological polar surface area (TPSA) is 37.3 Å². The van der Waals surface area contributed by atoms with Crippen molar-refractivity contribution in [3.63, 3.8) is 0 Å². The van der Waals surface area contributed by atoms with Crippen LogP contribution in [0.4, 0.5) is 0 Å². The molecule has 0 spiro atoms. The van der Waals surface area contributed by atoms with Crippen LogP contribution in [0, 0.1) is 6.92 Å². The predicted octanol–water partition coefficient (Wildman–Crippen LogP) is 4.15. The molecule has 0 aliphatic heterocycles. The van der Waals surface area contributed by atoms with E-state index in [2.05, 4.69) is 25.1 Å². The Balaban J connectivity index is 2.31. The summed E-state index contributed by atoms with van der Waals surface area (Å²) in [6.07, 6.45) is 1.22. The number of hydrogen-bond donors (Lipinski definition) is 1. The molecular formula is C17H16O2. The molecular weight excluding hydrogens is 236 g/mol. The van der Waals surface area contributed by atoms with Crippen molar-refractivity contribution in [2.75, 3.05) is 0 Å². The lowest BCUT2D eigenvalue weighted by atomic mass is 10.00. The predicted molar refractivity (Wildman–Crippen MR) is 77.9 cm³/mol. The van der Waals surface area contributed by atoms with Gasteiger partial charge in [-0.2, -0.15) is 0 Å². The molecule has 2 aromatic rings. The Morgan fingerprint density at radius 3 is 2.32 bits per heavy atom. The summed E-state index contributed by atoms with van der Waals surface area (Å²) < 4.78 is 0. The van der Waals surface area contributed by atoms with Crippen LogP contribution in [0.5, 0.6) is 0 Å². The third-order valence-corrected chi connectivity index (χ3v) is 3.03. The zero-order valence-corrected chi connectivity index (χ0v) is 11.1. The number of benzene rings is 2. The van der Waals surface area contributed by atoms with E-state index in [1.165, 1.54) is 17.2 Å². The lowest BCUT2D eigenvalue weighted by Gasteiger charge is -2.05. The fraction of sp³-hybridized carbons (Fsp3) is 0.118. The van der Waals surface area contributed by atoms with E-state index in [1.54, 1.807) is 6.92 Å². The minimum absolute atomic E-state index is 0.753. The number of aryl methyl sites for hydroxylation is 1. The molecule has 0 heterocycles. The number of carboxylic acid groups (broad SMARTS) is 1. The third-order valence-electron chi connectivity index (χ3n) is 3.03. The fourth-order valence-corrected chi connectivity index (χ4v) is 2.02. The van der Waals surface area contributed by atoms with Crippen molar-refractivity contribution >= 4 is 11.5 Å². The van der Waals surface area contributed by atoms with Gasteiger partial charge < -0.3 is 5.11 Å². The van der Waals surface area contributed by atoms with E-state index in [0.29, 0.717) is 0 Å². The average molecular weight is 252 g/mol. The SMILES string of the molecule is CC(=CC(=O)O)c1ccc(-c2cccc(C)c2)cc1. The first-order valence-corrected chi connectivity index (χ1v) is 6.15. The smallest absolute Gasteiger partial charge is 0.328 e. The average Bonchev–Trinajstić information content (AvgIpc) is 2.38. The second-order valence-corrected chi connectivity index (χ2v) is 4.61. The first kappa shape index (κ1) is 13.1. The molecule has 0 unspecified atom stereocenters. The molecule has 2 rings (SSSR count). The Hall–Kier alpha value is -2.35. The summed E-state index contributed by atoms with van der Waals surface area (Å²) in [5.41, 5.74) is 5.22. The maximum Gasteiger partial charge on any atom is 0.328 e. The highest BCUT2D eigenvalue weighted by atomic mass is 16.4. The van der Waals surface area contributed by atoms with Crippen LogP contribution in [-0.4, -0.2) is 11.1 Å². The van der Waals surface area contributed by atoms with E-state index >= 15 is 0 Å². The summed E-state index contributed by atoms with van der Waals surface area (Å²) in [7, 11) is 0. The van der Waals surface area contributed by atoms with E-state index in [9.17, 15) is 4.79 Å². The van der Waals surface area contributed by atoms with Gasteiger partial charge in [0.05, 0.1) is 0 Å². The normalized spacial score (nSPS) is 11.4. The van der Waals surface area contributed by atoms with Gasteiger partial charge in [-0.3, -0.25) is 0 Å². The standard InChI is InChI=1S/C17H16O2/c1-12-4-3-5-16(10-12)15-8-6-14(7-9-15)13(2)11-17(18)19/h3-11H,1-2H3,(H,18,19). The molecule has 19 heavy (non-hydrogen) atoms. The maximum absolute atomic E-state index is 10.6. The van der Waals surface area contributed by atoms with Gasteiger partial charge in [-0.25, -0.2) is 4.79 Å². The van der Waals surface area contributed by atoms with Gasteiger partial charge in [0.2, 0.25) is 0 Å². The van der Waals surface area contributed by atoms with Crippen molar-refractivity contribution in [3.8, 4) is 11.1 Å². The first-order valence-electron chi connectivity index (χ1n) is 6.15. The molecule has 0 saturated carbocycles. The van der Waals surface area contributed by atoms with Gasteiger partial charge in [-0.15, -0.1) is 0 Å². The Bertz CT molecular complexity index is 622. The zero-order valence-electron chi connectivity index (χ0n) is 11.1. The number of hydrogen-bond acceptors (Lipinski definition) is 1. The molecule has 2 aromatic carbocycles. The summed E-state index contributed by atoms with van der Waals surface area (Å²) in [5.74, 6) is -0.916. The van der Waals surface area contributed by atoms with E-state index in [-0.39, 0.29) is 0 Å². The maximum atomic E-state index is 10.6. The van der Waals surface area contributed by atoms with Crippen LogP contribution in [0.15, 0.2) is 54.6 Å². The van der Waals surface area contributed by atoms with E-state index in [0.717, 1.165) is 16.7 Å². The highest BCUT2D eigenvalue weighted by Crippen LogP contribution is 2.23. The van der Waals surface area contributed by atoms with Crippen molar-refractivity contribution in [3.05, 3.63) is 65.7 Å². The second kappa shape index (κ2) is 5.53. The summed E-state index contributed by atoms with van der Waals surface area (Å²) in [5, 5.41) is 8.73. The molecule has 0 aliphatic carbocycles. The molecule has 2 heteroatoms. The monoisotopic (exact) mass is 252 g/mol. The summed E-state index contributed by atoms with van der Waals surface area (Å²) in [6, 6.07) is 16.2. The lowest BCUT2D eigenvalue weighted by molar-refractivity contribution is -0.131. The minimum atomic E-state index is -0.916. The molecule has 0 amide bonds. The molecule has 0 atom stereocenters. The first-order chi connectivity index (χ1) is 9.06. The van der Waals surface area contributed by atoms with Gasteiger partial charge >= 0.3 is 5.97 Å². The van der Waals surface area contributed by atoms with Crippen LogP contribution in [0.2, 0.25) is 0 Å². The molecule has 0 fully saturated rings. The molecule has 2 nitrogen and oxygen atoms in total. The fourth-order valence-electron chi connectivity index (χ4n) is 2.02. The Kier molecular flexibility index (Phi) is 3.81. The van der Waals surface area contributed by atoms with Crippen LogP contribution in [-0.2, 0) is 4.79 Å². The molecule has 96 valence electrons. The van der Waals surface area contributed by atoms with Crippen LogP contribution < -0.4 is 0 Å². The van der Waals surface area contributed by atoms with Crippen molar-refractivity contribution in [2.24, 2.45) is 0 Å². The van der Waals surface area contributed by atoms with E-state index in [1.807, 2.05) is 30.3 Å². The van der Waals surface area contributed by atoms with Crippen molar-refractivity contribution in [1.82, 2.24) is 0 Å². The number of carbonyl (C=O) groups is 1. The van der Waals surface area contributed by atoms with Gasteiger partial charge in [0.1, 0.15) is 0 Å². The van der Waals surface area contributed by atoms with Gasteiger partial charge in [0.25, 0.3) is 0 Å². The van der Waals surface area contributed by atoms with Crippen molar-refractivity contribution in [1.29, 1.82) is 0 Å². The molecule has 1 N–H and O–H groups in total. The van der Waals surface area contributed by atoms with Crippen LogP contribution in [0.1, 0.15) is 18.1 Å². The van der Waals surface area contributed by atoms with Gasteiger partial charge in [0, 0.05) is 6.08 Å². The number of allylic oxidation sites excluding steroid dienone is 1. The highest BCUT2D eigenvalue weighted by Gasteiger charge is 2.01. The largest absolute Gasteiger partial charge is 0.478 e. The molecule has 0 saturated heterocycles. The molecule has 0 aliphatic rings. The summed E-state index contributed by atoms with van der Waals surface area (Å²) in [4.78, 5) is 10.6. The molecule has 0 radical (unpaired) electrons. The Morgan fingerprint density at radius 2 is 1.74 bits per heavy atom. The van der Waals surface area contributed by atoms with Crippen LogP contribution in [0.25, 0.3) is 16.7 Å². The Morgan fingerprint density at radius 1 is 1.05 bits per heavy atom. The van der Waals surface area contributed by atoms with Gasteiger partial charge in [-0.1, -0.05) is 54.1 Å². The van der Waals surface area contributed by atoms with E-state index < -0.39 is 5.97 Å². The Labute approximate surface area is 113 Å². The number of carboxylic acids is 1. The molecule has 0 aromatic heterocycles. The van der Waals surface area contributed by atoms with Crippen molar-refractivity contribution in [2.45, 2.75) is 13.8 Å². The summed E-state index contributed by atoms with van der Waals surface area (Å²) in [6.45, 7) is 3.87. The molecule has 0 bridgehead atoms. The quantitative estimate of drug-likeness (QED) is 0.833. The zero-order chi connectivity index (χ0) is 13.8. The summed E-state index contributed by atoms with van der Waals surface area (Å²) >= 11 is 0. The third kappa shape index (κ3) is 3.32. The lowest BCUT2D eigenvalue weighted by Crippen LogP contribution is -1.90. The highest BCUT2D eigenvalue weighted by molar-refractivity contribution is 5.89. The van der Waals surface area contributed by atoms with Crippen LogP contribution >= 0.6 is 0 Å². The number of rotatable bonds is 3. The van der Waals surface area contributed by atoms with Crippen LogP contribution in [0.3, 0.4) is 0 Å².